The zero-order valence-corrected chi connectivity index (χ0v) is 11.1. The van der Waals surface area contributed by atoms with Gasteiger partial charge in [0.25, 0.3) is 0 Å². The lowest BCUT2D eigenvalue weighted by molar-refractivity contribution is -0.0386. The first-order valence-electron chi connectivity index (χ1n) is 5.96. The molecule has 98 valence electrons. The molecule has 2 N–H and O–H groups in total. The third-order valence-electron chi connectivity index (χ3n) is 2.95. The SMILES string of the molecule is CC[C@@]1(c2ccccc2)O[C@@H](COC(N)=O)CS1. The number of carbonyl (C=O) groups excluding carboxylic acids is 1. The highest BCUT2D eigenvalue weighted by Crippen LogP contribution is 2.47. The number of hydrogen-bond acceptors (Lipinski definition) is 4. The number of hydrogen-bond donors (Lipinski definition) is 1. The molecule has 0 aromatic heterocycles. The second-order valence-electron chi connectivity index (χ2n) is 4.15. The molecule has 2 rings (SSSR count). The first kappa shape index (κ1) is 13.2. The van der Waals surface area contributed by atoms with Gasteiger partial charge in [-0.3, -0.25) is 0 Å². The van der Waals surface area contributed by atoms with Gasteiger partial charge >= 0.3 is 6.09 Å². The van der Waals surface area contributed by atoms with Crippen molar-refractivity contribution in [3.63, 3.8) is 0 Å². The van der Waals surface area contributed by atoms with E-state index in [4.69, 9.17) is 15.2 Å². The van der Waals surface area contributed by atoms with Crippen LogP contribution in [0.15, 0.2) is 30.3 Å². The molecule has 1 aromatic rings. The average molecular weight is 267 g/mol. The number of rotatable bonds is 4. The monoisotopic (exact) mass is 267 g/mol. The van der Waals surface area contributed by atoms with Crippen molar-refractivity contribution in [2.24, 2.45) is 5.73 Å². The maximum Gasteiger partial charge on any atom is 0.404 e. The van der Waals surface area contributed by atoms with Crippen LogP contribution in [0.3, 0.4) is 0 Å². The lowest BCUT2D eigenvalue weighted by atomic mass is 10.1. The molecule has 0 radical (unpaired) electrons. The van der Waals surface area contributed by atoms with Gasteiger partial charge in [0.05, 0.1) is 0 Å². The van der Waals surface area contributed by atoms with E-state index in [0.29, 0.717) is 0 Å². The van der Waals surface area contributed by atoms with Crippen LogP contribution in [0.2, 0.25) is 0 Å². The minimum atomic E-state index is -0.752. The standard InChI is InChI=1S/C13H17NO3S/c1-2-13(10-6-4-3-5-7-10)17-11(9-18-13)8-16-12(14)15/h3-7,11H,2,8-9H2,1H3,(H2,14,15)/t11-,13+/m0/s1. The number of carbonyl (C=O) groups is 1. The molecule has 18 heavy (non-hydrogen) atoms. The Morgan fingerprint density at radius 3 is 2.89 bits per heavy atom. The largest absolute Gasteiger partial charge is 0.447 e. The minimum Gasteiger partial charge on any atom is -0.447 e. The van der Waals surface area contributed by atoms with Crippen LogP contribution in [-0.4, -0.2) is 24.6 Å². The Balaban J connectivity index is 2.05. The van der Waals surface area contributed by atoms with E-state index in [1.807, 2.05) is 18.2 Å². The van der Waals surface area contributed by atoms with Gasteiger partial charge < -0.3 is 15.2 Å². The van der Waals surface area contributed by atoms with Gasteiger partial charge in [0.1, 0.15) is 17.6 Å². The summed E-state index contributed by atoms with van der Waals surface area (Å²) in [5.74, 6) is 0.802. The molecular formula is C13H17NO3S. The number of ether oxygens (including phenoxy) is 2. The maximum absolute atomic E-state index is 10.6. The van der Waals surface area contributed by atoms with Crippen LogP contribution >= 0.6 is 11.8 Å². The molecule has 2 atom stereocenters. The van der Waals surface area contributed by atoms with Gasteiger partial charge in [-0.2, -0.15) is 0 Å². The lowest BCUT2D eigenvalue weighted by Gasteiger charge is -2.27. The Morgan fingerprint density at radius 2 is 2.28 bits per heavy atom. The molecule has 1 aliphatic heterocycles. The molecule has 0 unspecified atom stereocenters. The van der Waals surface area contributed by atoms with Crippen LogP contribution in [0.5, 0.6) is 0 Å². The molecule has 0 bridgehead atoms. The normalized spacial score (nSPS) is 27.1. The molecule has 1 fully saturated rings. The molecule has 0 spiro atoms. The van der Waals surface area contributed by atoms with Gasteiger partial charge in [0.2, 0.25) is 0 Å². The van der Waals surface area contributed by atoms with Crippen LogP contribution in [-0.2, 0) is 14.4 Å². The second kappa shape index (κ2) is 5.63. The molecule has 1 aromatic carbocycles. The maximum atomic E-state index is 10.6. The van der Waals surface area contributed by atoms with E-state index in [2.05, 4.69) is 19.1 Å². The van der Waals surface area contributed by atoms with E-state index < -0.39 is 6.09 Å². The zero-order valence-electron chi connectivity index (χ0n) is 10.3. The molecule has 1 saturated heterocycles. The fourth-order valence-electron chi connectivity index (χ4n) is 2.06. The van der Waals surface area contributed by atoms with Gasteiger partial charge in [0, 0.05) is 5.75 Å². The van der Waals surface area contributed by atoms with Crippen LogP contribution in [0.25, 0.3) is 0 Å². The second-order valence-corrected chi connectivity index (χ2v) is 5.43. The highest BCUT2D eigenvalue weighted by Gasteiger charge is 2.41. The Hall–Kier alpha value is -1.20. The molecule has 0 aliphatic carbocycles. The molecule has 0 saturated carbocycles. The molecule has 1 aliphatic rings. The van der Waals surface area contributed by atoms with E-state index in [1.165, 1.54) is 0 Å². The Bertz CT molecular complexity index is 412. The number of benzene rings is 1. The fourth-order valence-corrected chi connectivity index (χ4v) is 3.39. The van der Waals surface area contributed by atoms with Crippen molar-refractivity contribution in [2.45, 2.75) is 24.4 Å². The van der Waals surface area contributed by atoms with Gasteiger partial charge in [-0.25, -0.2) is 4.79 Å². The quantitative estimate of drug-likeness (QED) is 0.910. The zero-order chi connectivity index (χ0) is 13.0. The predicted molar refractivity (Wildman–Crippen MR) is 71.3 cm³/mol. The summed E-state index contributed by atoms with van der Waals surface area (Å²) < 4.78 is 10.9. The van der Waals surface area contributed by atoms with E-state index in [-0.39, 0.29) is 17.6 Å². The molecular weight excluding hydrogens is 250 g/mol. The highest BCUT2D eigenvalue weighted by molar-refractivity contribution is 8.00. The number of amides is 1. The van der Waals surface area contributed by atoms with E-state index in [0.717, 1.165) is 17.7 Å². The van der Waals surface area contributed by atoms with Crippen molar-refractivity contribution in [3.05, 3.63) is 35.9 Å². The molecule has 1 heterocycles. The topological polar surface area (TPSA) is 61.6 Å². The molecule has 4 nitrogen and oxygen atoms in total. The van der Waals surface area contributed by atoms with Gasteiger partial charge in [0.15, 0.2) is 0 Å². The lowest BCUT2D eigenvalue weighted by Crippen LogP contribution is -2.28. The summed E-state index contributed by atoms with van der Waals surface area (Å²) >= 11 is 1.75. The van der Waals surface area contributed by atoms with Crippen LogP contribution in [0.1, 0.15) is 18.9 Å². The molecule has 5 heteroatoms. The van der Waals surface area contributed by atoms with E-state index >= 15 is 0 Å². The smallest absolute Gasteiger partial charge is 0.404 e. The first-order valence-corrected chi connectivity index (χ1v) is 6.94. The summed E-state index contributed by atoms with van der Waals surface area (Å²) in [6.45, 7) is 2.31. The number of thioether (sulfide) groups is 1. The Morgan fingerprint density at radius 1 is 1.56 bits per heavy atom. The summed E-state index contributed by atoms with van der Waals surface area (Å²) in [5.41, 5.74) is 6.11. The third kappa shape index (κ3) is 2.79. The fraction of sp³-hybridized carbons (Fsp3) is 0.462. The van der Waals surface area contributed by atoms with Crippen LogP contribution in [0, 0.1) is 0 Å². The number of primary amides is 1. The van der Waals surface area contributed by atoms with Crippen molar-refractivity contribution in [2.75, 3.05) is 12.4 Å². The van der Waals surface area contributed by atoms with Gasteiger partial charge in [-0.15, -0.1) is 11.8 Å². The Labute approximate surface area is 111 Å². The summed E-state index contributed by atoms with van der Waals surface area (Å²) in [6.07, 6.45) is 0.0225. The summed E-state index contributed by atoms with van der Waals surface area (Å²) in [6, 6.07) is 10.1. The summed E-state index contributed by atoms with van der Waals surface area (Å²) in [5, 5.41) is 0. The van der Waals surface area contributed by atoms with Crippen LogP contribution < -0.4 is 5.73 Å². The van der Waals surface area contributed by atoms with Crippen molar-refractivity contribution in [3.8, 4) is 0 Å². The van der Waals surface area contributed by atoms with Crippen molar-refractivity contribution in [1.82, 2.24) is 0 Å². The third-order valence-corrected chi connectivity index (χ3v) is 4.58. The molecule has 1 amide bonds. The average Bonchev–Trinajstić information content (AvgIpc) is 2.82. The highest BCUT2D eigenvalue weighted by atomic mass is 32.2. The Kier molecular flexibility index (Phi) is 4.14. The van der Waals surface area contributed by atoms with E-state index in [9.17, 15) is 4.79 Å². The van der Waals surface area contributed by atoms with E-state index in [1.54, 1.807) is 11.8 Å². The first-order chi connectivity index (χ1) is 8.66. The predicted octanol–water partition coefficient (Wildman–Crippen LogP) is 2.48. The van der Waals surface area contributed by atoms with Gasteiger partial charge in [-0.1, -0.05) is 37.3 Å². The van der Waals surface area contributed by atoms with Crippen LogP contribution in [0.4, 0.5) is 4.79 Å². The number of nitrogens with two attached hydrogens (primary N) is 1. The van der Waals surface area contributed by atoms with Crippen molar-refractivity contribution >= 4 is 17.9 Å². The van der Waals surface area contributed by atoms with Gasteiger partial charge in [-0.05, 0) is 12.0 Å². The van der Waals surface area contributed by atoms with Crippen molar-refractivity contribution in [1.29, 1.82) is 0 Å². The summed E-state index contributed by atoms with van der Waals surface area (Å²) in [7, 11) is 0. The van der Waals surface area contributed by atoms with Crippen molar-refractivity contribution < 1.29 is 14.3 Å². The summed E-state index contributed by atoms with van der Waals surface area (Å²) in [4.78, 5) is 10.3. The minimum absolute atomic E-state index is 0.0948.